The maximum absolute atomic E-state index is 13.8. The zero-order chi connectivity index (χ0) is 22.1. The highest BCUT2D eigenvalue weighted by Gasteiger charge is 2.25. The van der Waals surface area contributed by atoms with Crippen molar-refractivity contribution in [2.24, 2.45) is 0 Å². The SMILES string of the molecule is COc1cc2ccccc2cc1C(=O)N(Cc1cccnc1)c1nc2ccc(F)cc2s1. The summed E-state index contributed by atoms with van der Waals surface area (Å²) in [5.74, 6) is -0.109. The van der Waals surface area contributed by atoms with Gasteiger partial charge in [0.05, 0.1) is 29.4 Å². The molecule has 158 valence electrons. The second-order valence-corrected chi connectivity index (χ2v) is 8.27. The van der Waals surface area contributed by atoms with Crippen LogP contribution in [0.2, 0.25) is 0 Å². The molecule has 0 unspecified atom stereocenters. The number of methoxy groups -OCH3 is 1. The maximum atomic E-state index is 13.8. The first kappa shape index (κ1) is 20.1. The third kappa shape index (κ3) is 3.78. The lowest BCUT2D eigenvalue weighted by molar-refractivity contribution is 0.0982. The molecule has 5 aromatic rings. The third-order valence-electron chi connectivity index (χ3n) is 5.18. The molecule has 0 radical (unpaired) electrons. The fourth-order valence-corrected chi connectivity index (χ4v) is 4.59. The summed E-state index contributed by atoms with van der Waals surface area (Å²) in [5.41, 5.74) is 1.92. The number of benzene rings is 3. The van der Waals surface area contributed by atoms with E-state index in [1.165, 1.54) is 23.5 Å². The van der Waals surface area contributed by atoms with Crippen molar-refractivity contribution in [2.75, 3.05) is 12.0 Å². The zero-order valence-corrected chi connectivity index (χ0v) is 18.0. The Morgan fingerprint density at radius 3 is 2.62 bits per heavy atom. The minimum Gasteiger partial charge on any atom is -0.496 e. The number of carbonyl (C=O) groups is 1. The van der Waals surface area contributed by atoms with E-state index >= 15 is 0 Å². The fraction of sp³-hybridized carbons (Fsp3) is 0.0800. The van der Waals surface area contributed by atoms with Crippen LogP contribution in [0.1, 0.15) is 15.9 Å². The molecule has 2 heterocycles. The Morgan fingerprint density at radius 2 is 1.88 bits per heavy atom. The van der Waals surface area contributed by atoms with Gasteiger partial charge in [-0.3, -0.25) is 14.7 Å². The van der Waals surface area contributed by atoms with Gasteiger partial charge in [0.15, 0.2) is 5.13 Å². The van der Waals surface area contributed by atoms with E-state index in [4.69, 9.17) is 4.74 Å². The highest BCUT2D eigenvalue weighted by Crippen LogP contribution is 2.34. The highest BCUT2D eigenvalue weighted by atomic mass is 32.1. The number of hydrogen-bond donors (Lipinski definition) is 0. The molecular formula is C25H18FN3O2S. The molecule has 1 amide bonds. The average Bonchev–Trinajstić information content (AvgIpc) is 3.24. The smallest absolute Gasteiger partial charge is 0.264 e. The number of aromatic nitrogens is 2. The number of nitrogens with zero attached hydrogens (tertiary/aromatic N) is 3. The van der Waals surface area contributed by atoms with Crippen LogP contribution >= 0.6 is 11.3 Å². The molecule has 32 heavy (non-hydrogen) atoms. The molecule has 5 rings (SSSR count). The molecule has 0 fully saturated rings. The second-order valence-electron chi connectivity index (χ2n) is 7.26. The number of rotatable bonds is 5. The molecule has 7 heteroatoms. The number of amides is 1. The van der Waals surface area contributed by atoms with E-state index in [2.05, 4.69) is 9.97 Å². The summed E-state index contributed by atoms with van der Waals surface area (Å²) in [5, 5.41) is 2.40. The summed E-state index contributed by atoms with van der Waals surface area (Å²) in [6.45, 7) is 0.269. The molecule has 0 N–H and O–H groups in total. The molecule has 0 spiro atoms. The summed E-state index contributed by atoms with van der Waals surface area (Å²) < 4.78 is 20.0. The molecule has 0 saturated heterocycles. The Bertz CT molecular complexity index is 1440. The highest BCUT2D eigenvalue weighted by molar-refractivity contribution is 7.22. The molecule has 3 aromatic carbocycles. The zero-order valence-electron chi connectivity index (χ0n) is 17.2. The average molecular weight is 444 g/mol. The number of thiazole rings is 1. The minimum absolute atomic E-state index is 0.254. The summed E-state index contributed by atoms with van der Waals surface area (Å²) in [4.78, 5) is 24.2. The van der Waals surface area contributed by atoms with Gasteiger partial charge in [0.25, 0.3) is 5.91 Å². The van der Waals surface area contributed by atoms with Crippen molar-refractivity contribution in [3.8, 4) is 5.75 Å². The van der Waals surface area contributed by atoms with Crippen LogP contribution in [0.4, 0.5) is 9.52 Å². The number of carbonyl (C=O) groups excluding carboxylic acids is 1. The van der Waals surface area contributed by atoms with Crippen LogP contribution in [0.15, 0.2) is 79.1 Å². The largest absolute Gasteiger partial charge is 0.496 e. The molecule has 0 bridgehead atoms. The van der Waals surface area contributed by atoms with E-state index in [0.29, 0.717) is 26.7 Å². The quantitative estimate of drug-likeness (QED) is 0.342. The molecular weight excluding hydrogens is 425 g/mol. The van der Waals surface area contributed by atoms with Gasteiger partial charge in [-0.15, -0.1) is 0 Å². The molecule has 0 aliphatic carbocycles. The topological polar surface area (TPSA) is 55.3 Å². The van der Waals surface area contributed by atoms with Gasteiger partial charge >= 0.3 is 0 Å². The third-order valence-corrected chi connectivity index (χ3v) is 6.22. The Balaban J connectivity index is 1.64. The number of pyridine rings is 1. The second kappa shape index (κ2) is 8.36. The first-order valence-corrected chi connectivity index (χ1v) is 10.8. The number of ether oxygens (including phenoxy) is 1. The monoisotopic (exact) mass is 443 g/mol. The van der Waals surface area contributed by atoms with Crippen molar-refractivity contribution in [1.29, 1.82) is 0 Å². The molecule has 5 nitrogen and oxygen atoms in total. The minimum atomic E-state index is -0.339. The van der Waals surface area contributed by atoms with Gasteiger partial charge in [-0.1, -0.05) is 41.7 Å². The van der Waals surface area contributed by atoms with E-state index in [-0.39, 0.29) is 18.3 Å². The molecule has 0 atom stereocenters. The first-order chi connectivity index (χ1) is 15.6. The van der Waals surface area contributed by atoms with Crippen LogP contribution in [0, 0.1) is 5.82 Å². The Morgan fingerprint density at radius 1 is 1.06 bits per heavy atom. The summed E-state index contributed by atoms with van der Waals surface area (Å²) in [7, 11) is 1.55. The van der Waals surface area contributed by atoms with E-state index in [9.17, 15) is 9.18 Å². The van der Waals surface area contributed by atoms with Crippen molar-refractivity contribution < 1.29 is 13.9 Å². The van der Waals surface area contributed by atoms with Crippen LogP contribution in [-0.2, 0) is 6.54 Å². The van der Waals surface area contributed by atoms with Crippen LogP contribution in [0.3, 0.4) is 0 Å². The Labute approximate surface area is 187 Å². The van der Waals surface area contributed by atoms with Crippen molar-refractivity contribution in [2.45, 2.75) is 6.54 Å². The lowest BCUT2D eigenvalue weighted by Gasteiger charge is -2.21. The van der Waals surface area contributed by atoms with Gasteiger partial charge in [0.2, 0.25) is 0 Å². The molecule has 0 aliphatic heterocycles. The molecule has 0 aliphatic rings. The van der Waals surface area contributed by atoms with Gasteiger partial charge in [-0.25, -0.2) is 9.37 Å². The summed E-state index contributed by atoms with van der Waals surface area (Å²) >= 11 is 1.27. The predicted octanol–water partition coefficient (Wildman–Crippen LogP) is 5.84. The Kier molecular flexibility index (Phi) is 5.25. The number of hydrogen-bond acceptors (Lipinski definition) is 5. The standard InChI is InChI=1S/C25H18FN3O2S/c1-31-22-12-18-7-3-2-6-17(18)11-20(22)24(30)29(15-16-5-4-10-27-14-16)25-28-21-9-8-19(26)13-23(21)32-25/h2-14H,15H2,1H3. The summed E-state index contributed by atoms with van der Waals surface area (Å²) in [6, 6.07) is 19.6. The normalized spacial score (nSPS) is 11.1. The van der Waals surface area contributed by atoms with Crippen molar-refractivity contribution >= 4 is 43.4 Å². The van der Waals surface area contributed by atoms with Crippen LogP contribution < -0.4 is 9.64 Å². The van der Waals surface area contributed by atoms with Crippen LogP contribution in [0.25, 0.3) is 21.0 Å². The van der Waals surface area contributed by atoms with Crippen molar-refractivity contribution in [3.05, 3.63) is 96.1 Å². The van der Waals surface area contributed by atoms with Gasteiger partial charge < -0.3 is 4.74 Å². The van der Waals surface area contributed by atoms with E-state index in [1.54, 1.807) is 30.5 Å². The van der Waals surface area contributed by atoms with Crippen LogP contribution in [0.5, 0.6) is 5.75 Å². The molecule has 0 saturated carbocycles. The maximum Gasteiger partial charge on any atom is 0.264 e. The predicted molar refractivity (Wildman–Crippen MR) is 125 cm³/mol. The van der Waals surface area contributed by atoms with E-state index in [1.807, 2.05) is 48.5 Å². The van der Waals surface area contributed by atoms with Gasteiger partial charge in [-0.05, 0) is 52.7 Å². The Hall–Kier alpha value is -3.84. The van der Waals surface area contributed by atoms with Gasteiger partial charge in [0, 0.05) is 12.4 Å². The van der Waals surface area contributed by atoms with Gasteiger partial charge in [-0.2, -0.15) is 0 Å². The lowest BCUT2D eigenvalue weighted by atomic mass is 10.0. The number of anilines is 1. The molecule has 2 aromatic heterocycles. The summed E-state index contributed by atoms with van der Waals surface area (Å²) in [6.07, 6.45) is 3.40. The first-order valence-electron chi connectivity index (χ1n) is 9.96. The van der Waals surface area contributed by atoms with E-state index in [0.717, 1.165) is 16.3 Å². The van der Waals surface area contributed by atoms with Crippen molar-refractivity contribution in [1.82, 2.24) is 9.97 Å². The number of halogens is 1. The van der Waals surface area contributed by atoms with Crippen LogP contribution in [-0.4, -0.2) is 23.0 Å². The van der Waals surface area contributed by atoms with E-state index < -0.39 is 0 Å². The number of fused-ring (bicyclic) bond motifs is 2. The lowest BCUT2D eigenvalue weighted by Crippen LogP contribution is -2.30. The van der Waals surface area contributed by atoms with Gasteiger partial charge in [0.1, 0.15) is 11.6 Å². The van der Waals surface area contributed by atoms with Crippen molar-refractivity contribution in [3.63, 3.8) is 0 Å². The fourth-order valence-electron chi connectivity index (χ4n) is 3.60.